The predicted octanol–water partition coefficient (Wildman–Crippen LogP) is 5.62. The number of primary amides is 1. The minimum absolute atomic E-state index is 0.296. The highest BCUT2D eigenvalue weighted by molar-refractivity contribution is 7.16. The van der Waals surface area contributed by atoms with Crippen molar-refractivity contribution in [2.24, 2.45) is 5.73 Å². The van der Waals surface area contributed by atoms with Crippen molar-refractivity contribution in [2.45, 2.75) is 6.42 Å². The topological polar surface area (TPSA) is 72.2 Å². The highest BCUT2D eigenvalue weighted by Gasteiger charge is 2.19. The number of rotatable bonds is 7. The van der Waals surface area contributed by atoms with Gasteiger partial charge in [0, 0.05) is 16.9 Å². The number of nitrogens with two attached hydrogens (primary N) is 1. The Bertz CT molecular complexity index is 1250. The lowest BCUT2D eigenvalue weighted by molar-refractivity contribution is -0.111. The molecule has 3 aromatic carbocycles. The van der Waals surface area contributed by atoms with Crippen LogP contribution in [-0.4, -0.2) is 11.8 Å². The first-order valence-corrected chi connectivity index (χ1v) is 11.0. The minimum atomic E-state index is -0.566. The highest BCUT2D eigenvalue weighted by atomic mass is 32.1. The molecular weight excluding hydrogens is 416 g/mol. The number of amides is 2. The van der Waals surface area contributed by atoms with Crippen molar-refractivity contribution < 1.29 is 9.59 Å². The van der Waals surface area contributed by atoms with E-state index >= 15 is 0 Å². The van der Waals surface area contributed by atoms with Crippen LogP contribution < -0.4 is 11.1 Å². The summed E-state index contributed by atoms with van der Waals surface area (Å²) in [5.41, 5.74) is 9.25. The van der Waals surface area contributed by atoms with Crippen molar-refractivity contribution in [3.05, 3.63) is 124 Å². The lowest BCUT2D eigenvalue weighted by atomic mass is 10.0. The molecular formula is C27H22N2O2S. The van der Waals surface area contributed by atoms with Gasteiger partial charge in [-0.1, -0.05) is 91.0 Å². The molecule has 0 saturated carbocycles. The van der Waals surface area contributed by atoms with Gasteiger partial charge in [0.15, 0.2) is 0 Å². The lowest BCUT2D eigenvalue weighted by Crippen LogP contribution is -2.17. The van der Waals surface area contributed by atoms with Gasteiger partial charge in [-0.3, -0.25) is 9.59 Å². The van der Waals surface area contributed by atoms with Crippen LogP contribution in [0.1, 0.15) is 31.9 Å². The normalized spacial score (nSPS) is 11.2. The molecule has 3 N–H and O–H groups in total. The van der Waals surface area contributed by atoms with Crippen LogP contribution in [0.4, 0.5) is 5.00 Å². The van der Waals surface area contributed by atoms with Crippen LogP contribution in [0.3, 0.4) is 0 Å². The summed E-state index contributed by atoms with van der Waals surface area (Å²) >= 11 is 1.37. The van der Waals surface area contributed by atoms with Gasteiger partial charge in [-0.25, -0.2) is 0 Å². The fraction of sp³-hybridized carbons (Fsp3) is 0.0370. The maximum absolute atomic E-state index is 13.3. The molecule has 0 spiro atoms. The van der Waals surface area contributed by atoms with Crippen molar-refractivity contribution in [1.29, 1.82) is 0 Å². The Morgan fingerprint density at radius 3 is 2.06 bits per heavy atom. The summed E-state index contributed by atoms with van der Waals surface area (Å²) in [6.45, 7) is 0. The third-order valence-electron chi connectivity index (χ3n) is 4.94. The largest absolute Gasteiger partial charge is 0.366 e. The highest BCUT2D eigenvalue weighted by Crippen LogP contribution is 2.31. The van der Waals surface area contributed by atoms with Crippen molar-refractivity contribution in [2.75, 3.05) is 5.32 Å². The van der Waals surface area contributed by atoms with E-state index in [-0.39, 0.29) is 5.91 Å². The van der Waals surface area contributed by atoms with Crippen LogP contribution >= 0.6 is 11.3 Å². The third kappa shape index (κ3) is 5.20. The van der Waals surface area contributed by atoms with Gasteiger partial charge in [0.25, 0.3) is 11.8 Å². The molecule has 0 fully saturated rings. The van der Waals surface area contributed by atoms with E-state index in [0.29, 0.717) is 22.6 Å². The van der Waals surface area contributed by atoms with E-state index < -0.39 is 5.91 Å². The number of nitrogens with one attached hydrogen (secondary N) is 1. The number of benzene rings is 3. The summed E-state index contributed by atoms with van der Waals surface area (Å²) in [6, 6.07) is 30.8. The van der Waals surface area contributed by atoms with Crippen LogP contribution in [0.5, 0.6) is 0 Å². The van der Waals surface area contributed by atoms with Crippen molar-refractivity contribution in [3.63, 3.8) is 0 Å². The lowest BCUT2D eigenvalue weighted by Gasteiger charge is -2.10. The minimum Gasteiger partial charge on any atom is -0.366 e. The second kappa shape index (κ2) is 9.90. The number of carbonyl (C=O) groups is 2. The van der Waals surface area contributed by atoms with Gasteiger partial charge in [-0.2, -0.15) is 0 Å². The van der Waals surface area contributed by atoms with Crippen LogP contribution in [-0.2, 0) is 11.2 Å². The standard InChI is InChI=1S/C27H22N2O2S/c28-25(30)24-18-22(16-19-10-4-1-5-11-19)32-27(24)29-26(31)23(21-14-8-3-9-15-21)17-20-12-6-2-7-13-20/h1-15,17-18H,16H2,(H2,28,30)(H,29,31). The summed E-state index contributed by atoms with van der Waals surface area (Å²) in [7, 11) is 0. The molecule has 0 aliphatic carbocycles. The SMILES string of the molecule is NC(=O)c1cc(Cc2ccccc2)sc1NC(=O)C(=Cc1ccccc1)c1ccccc1. The molecule has 0 radical (unpaired) electrons. The molecule has 4 aromatic rings. The van der Waals surface area contributed by atoms with Gasteiger partial charge in [0.2, 0.25) is 0 Å². The van der Waals surface area contributed by atoms with E-state index in [0.717, 1.165) is 21.6 Å². The summed E-state index contributed by atoms with van der Waals surface area (Å²) in [5, 5.41) is 3.39. The first-order valence-electron chi connectivity index (χ1n) is 10.2. The molecule has 0 aliphatic rings. The molecule has 32 heavy (non-hydrogen) atoms. The Kier molecular flexibility index (Phi) is 6.58. The van der Waals surface area contributed by atoms with Gasteiger partial charge in [0.05, 0.1) is 5.56 Å². The predicted molar refractivity (Wildman–Crippen MR) is 131 cm³/mol. The Labute approximate surface area is 191 Å². The molecule has 5 heteroatoms. The van der Waals surface area contributed by atoms with E-state index in [9.17, 15) is 9.59 Å². The average molecular weight is 439 g/mol. The van der Waals surface area contributed by atoms with Crippen molar-refractivity contribution in [1.82, 2.24) is 0 Å². The third-order valence-corrected chi connectivity index (χ3v) is 5.99. The monoisotopic (exact) mass is 438 g/mol. The zero-order valence-corrected chi connectivity index (χ0v) is 18.1. The number of hydrogen-bond donors (Lipinski definition) is 2. The molecule has 2 amide bonds. The van der Waals surface area contributed by atoms with Gasteiger partial charge in [0.1, 0.15) is 5.00 Å². The Hall–Kier alpha value is -3.96. The van der Waals surface area contributed by atoms with Crippen LogP contribution in [0, 0.1) is 0 Å². The smallest absolute Gasteiger partial charge is 0.256 e. The molecule has 0 aliphatic heterocycles. The van der Waals surface area contributed by atoms with E-state index in [4.69, 9.17) is 5.73 Å². The number of thiophene rings is 1. The first-order chi connectivity index (χ1) is 15.6. The second-order valence-electron chi connectivity index (χ2n) is 7.27. The Morgan fingerprint density at radius 1 is 0.844 bits per heavy atom. The maximum Gasteiger partial charge on any atom is 0.256 e. The molecule has 1 aromatic heterocycles. The maximum atomic E-state index is 13.3. The van der Waals surface area contributed by atoms with Gasteiger partial charge in [-0.15, -0.1) is 11.3 Å². The van der Waals surface area contributed by atoms with Gasteiger partial charge < -0.3 is 11.1 Å². The van der Waals surface area contributed by atoms with Crippen molar-refractivity contribution in [3.8, 4) is 0 Å². The first kappa shape index (κ1) is 21.3. The van der Waals surface area contributed by atoms with E-state index in [2.05, 4.69) is 5.32 Å². The fourth-order valence-corrected chi connectivity index (χ4v) is 4.48. The Morgan fingerprint density at radius 2 is 1.44 bits per heavy atom. The van der Waals surface area contributed by atoms with E-state index in [1.54, 1.807) is 6.07 Å². The van der Waals surface area contributed by atoms with Gasteiger partial charge >= 0.3 is 0 Å². The van der Waals surface area contributed by atoms with E-state index in [1.165, 1.54) is 11.3 Å². The van der Waals surface area contributed by atoms with Gasteiger partial charge in [-0.05, 0) is 28.8 Å². The summed E-state index contributed by atoms with van der Waals surface area (Å²) < 4.78 is 0. The molecule has 158 valence electrons. The Balaban J connectivity index is 1.66. The van der Waals surface area contributed by atoms with Crippen LogP contribution in [0.25, 0.3) is 11.6 Å². The summed E-state index contributed by atoms with van der Waals surface area (Å²) in [4.78, 5) is 26.4. The van der Waals surface area contributed by atoms with Crippen molar-refractivity contribution >= 4 is 39.8 Å². The molecule has 0 unspecified atom stereocenters. The molecule has 1 heterocycles. The fourth-order valence-electron chi connectivity index (χ4n) is 3.39. The quantitative estimate of drug-likeness (QED) is 0.290. The van der Waals surface area contributed by atoms with Crippen LogP contribution in [0.2, 0.25) is 0 Å². The zero-order chi connectivity index (χ0) is 22.3. The summed E-state index contributed by atoms with van der Waals surface area (Å²) in [6.07, 6.45) is 2.50. The molecule has 4 nitrogen and oxygen atoms in total. The number of hydrogen-bond acceptors (Lipinski definition) is 3. The zero-order valence-electron chi connectivity index (χ0n) is 17.3. The second-order valence-corrected chi connectivity index (χ2v) is 8.41. The molecule has 0 saturated heterocycles. The average Bonchev–Trinajstić information content (AvgIpc) is 3.21. The number of carbonyl (C=O) groups excluding carboxylic acids is 2. The van der Waals surface area contributed by atoms with E-state index in [1.807, 2.05) is 97.1 Å². The molecule has 0 bridgehead atoms. The number of anilines is 1. The molecule has 0 atom stereocenters. The molecule has 4 rings (SSSR count). The van der Waals surface area contributed by atoms with Crippen LogP contribution in [0.15, 0.2) is 97.1 Å². The summed E-state index contributed by atoms with van der Waals surface area (Å²) in [5.74, 6) is -0.861.